The van der Waals surface area contributed by atoms with E-state index in [1.807, 2.05) is 0 Å². The molecule has 6 heteroatoms. The highest BCUT2D eigenvalue weighted by molar-refractivity contribution is 6.31. The molecule has 1 aromatic rings. The van der Waals surface area contributed by atoms with E-state index in [1.165, 1.54) is 0 Å². The molecule has 1 aromatic carbocycles. The summed E-state index contributed by atoms with van der Waals surface area (Å²) >= 11 is 5.54. The fourth-order valence-corrected chi connectivity index (χ4v) is 2.14. The molecule has 0 amide bonds. The molecular weight excluding hydrogens is 259 g/mol. The Balaban J connectivity index is 2.16. The Morgan fingerprint density at radius 1 is 1.61 bits per heavy atom. The largest absolute Gasteiger partial charge is 0.379 e. The van der Waals surface area contributed by atoms with E-state index in [9.17, 15) is 14.5 Å². The van der Waals surface area contributed by atoms with Crippen molar-refractivity contribution >= 4 is 23.0 Å². The Morgan fingerprint density at radius 2 is 2.22 bits per heavy atom. The Kier molecular flexibility index (Phi) is 3.19. The van der Waals surface area contributed by atoms with Crippen molar-refractivity contribution in [1.82, 2.24) is 0 Å². The predicted octanol–water partition coefficient (Wildman–Crippen LogP) is 3.85. The zero-order valence-corrected chi connectivity index (χ0v) is 10.9. The molecule has 98 valence electrons. The van der Waals surface area contributed by atoms with Gasteiger partial charge in [0.05, 0.1) is 9.95 Å². The Hall–Kier alpha value is -1.36. The molecule has 1 N–H and O–H groups in total. The molecule has 2 rings (SSSR count). The van der Waals surface area contributed by atoms with Gasteiger partial charge < -0.3 is 5.32 Å². The van der Waals surface area contributed by atoms with Crippen LogP contribution in [0.5, 0.6) is 0 Å². The van der Waals surface area contributed by atoms with Crippen LogP contribution in [0.2, 0.25) is 5.02 Å². The van der Waals surface area contributed by atoms with Gasteiger partial charge in [-0.3, -0.25) is 10.1 Å². The molecule has 1 saturated carbocycles. The summed E-state index contributed by atoms with van der Waals surface area (Å²) in [5.41, 5.74) is 0.261. The maximum absolute atomic E-state index is 13.3. The highest BCUT2D eigenvalue weighted by Gasteiger charge is 2.45. The molecular formula is C12H14ClFN2O2. The van der Waals surface area contributed by atoms with Gasteiger partial charge in [-0.15, -0.1) is 0 Å². The number of anilines is 1. The topological polar surface area (TPSA) is 55.2 Å². The maximum atomic E-state index is 13.3. The Bertz CT molecular complexity index is 505. The fraction of sp³-hybridized carbons (Fsp3) is 0.500. The lowest BCUT2D eigenvalue weighted by Gasteiger charge is -2.09. The average Bonchev–Trinajstić information content (AvgIpc) is 2.87. The van der Waals surface area contributed by atoms with Crippen molar-refractivity contribution in [2.75, 3.05) is 11.9 Å². The summed E-state index contributed by atoms with van der Waals surface area (Å²) in [5.74, 6) is -0.185. The minimum Gasteiger partial charge on any atom is -0.379 e. The predicted molar refractivity (Wildman–Crippen MR) is 68.4 cm³/mol. The van der Waals surface area contributed by atoms with E-state index in [-0.39, 0.29) is 21.8 Å². The molecule has 0 bridgehead atoms. The van der Waals surface area contributed by atoms with E-state index in [2.05, 4.69) is 19.2 Å². The summed E-state index contributed by atoms with van der Waals surface area (Å²) in [6.45, 7) is 4.88. The van der Waals surface area contributed by atoms with Crippen LogP contribution in [0.3, 0.4) is 0 Å². The molecule has 18 heavy (non-hydrogen) atoms. The molecule has 0 radical (unpaired) electrons. The number of halogens is 2. The molecule has 1 unspecified atom stereocenters. The highest BCUT2D eigenvalue weighted by atomic mass is 35.5. The van der Waals surface area contributed by atoms with Crippen molar-refractivity contribution in [3.05, 3.63) is 33.1 Å². The van der Waals surface area contributed by atoms with Gasteiger partial charge in [0.1, 0.15) is 11.5 Å². The Labute approximate surface area is 109 Å². The fourth-order valence-electron chi connectivity index (χ4n) is 1.99. The van der Waals surface area contributed by atoms with Crippen molar-refractivity contribution in [2.45, 2.75) is 20.3 Å². The third kappa shape index (κ3) is 2.56. The van der Waals surface area contributed by atoms with Gasteiger partial charge in [0.2, 0.25) is 0 Å². The van der Waals surface area contributed by atoms with Crippen LogP contribution in [0.4, 0.5) is 15.8 Å². The summed E-state index contributed by atoms with van der Waals surface area (Å²) in [6, 6.07) is 2.12. The van der Waals surface area contributed by atoms with Gasteiger partial charge in [-0.05, 0) is 17.8 Å². The standard InChI is InChI=1S/C12H14ClFN2O2/c1-12(2)5-7(12)6-15-10-4-9(14)8(13)3-11(10)16(17)18/h3-4,7,15H,5-6H2,1-2H3. The van der Waals surface area contributed by atoms with Crippen LogP contribution in [0, 0.1) is 27.3 Å². The van der Waals surface area contributed by atoms with Gasteiger partial charge >= 0.3 is 0 Å². The molecule has 0 saturated heterocycles. The van der Waals surface area contributed by atoms with Gasteiger partial charge in [0, 0.05) is 18.7 Å². The molecule has 0 aromatic heterocycles. The van der Waals surface area contributed by atoms with Crippen LogP contribution < -0.4 is 5.32 Å². The lowest BCUT2D eigenvalue weighted by molar-refractivity contribution is -0.384. The van der Waals surface area contributed by atoms with Gasteiger partial charge in [0.15, 0.2) is 0 Å². The van der Waals surface area contributed by atoms with Gasteiger partial charge in [-0.2, -0.15) is 0 Å². The van der Waals surface area contributed by atoms with Crippen molar-refractivity contribution in [1.29, 1.82) is 0 Å². The maximum Gasteiger partial charge on any atom is 0.294 e. The number of hydrogen-bond donors (Lipinski definition) is 1. The lowest BCUT2D eigenvalue weighted by atomic mass is 10.1. The SMILES string of the molecule is CC1(C)CC1CNc1cc(F)c(Cl)cc1[N+](=O)[O-]. The number of hydrogen-bond acceptors (Lipinski definition) is 3. The normalized spacial score (nSPS) is 20.6. The smallest absolute Gasteiger partial charge is 0.294 e. The number of benzene rings is 1. The first kappa shape index (κ1) is 13.1. The molecule has 4 nitrogen and oxygen atoms in total. The number of nitrogens with one attached hydrogen (secondary N) is 1. The Morgan fingerprint density at radius 3 is 2.72 bits per heavy atom. The summed E-state index contributed by atoms with van der Waals surface area (Å²) in [4.78, 5) is 10.3. The monoisotopic (exact) mass is 272 g/mol. The number of nitro benzene ring substituents is 1. The highest BCUT2D eigenvalue weighted by Crippen LogP contribution is 2.51. The second kappa shape index (κ2) is 4.39. The van der Waals surface area contributed by atoms with Crippen LogP contribution in [0.25, 0.3) is 0 Å². The minimum atomic E-state index is -0.653. The van der Waals surface area contributed by atoms with Gasteiger partial charge in [-0.25, -0.2) is 4.39 Å². The van der Waals surface area contributed by atoms with Crippen molar-refractivity contribution in [3.63, 3.8) is 0 Å². The van der Waals surface area contributed by atoms with E-state index in [0.717, 1.165) is 18.6 Å². The molecule has 1 fully saturated rings. The second-order valence-corrected chi connectivity index (χ2v) is 5.72. The first-order valence-corrected chi connectivity index (χ1v) is 6.06. The molecule has 1 aliphatic carbocycles. The van der Waals surface area contributed by atoms with Crippen LogP contribution in [0.15, 0.2) is 12.1 Å². The van der Waals surface area contributed by atoms with Crippen LogP contribution in [-0.4, -0.2) is 11.5 Å². The van der Waals surface area contributed by atoms with Crippen molar-refractivity contribution in [2.24, 2.45) is 11.3 Å². The number of rotatable bonds is 4. The zero-order chi connectivity index (χ0) is 13.5. The van der Waals surface area contributed by atoms with Crippen LogP contribution >= 0.6 is 11.6 Å². The quantitative estimate of drug-likeness (QED) is 0.669. The molecule has 0 spiro atoms. The molecule has 1 atom stereocenters. The zero-order valence-electron chi connectivity index (χ0n) is 10.2. The second-order valence-electron chi connectivity index (χ2n) is 5.31. The third-order valence-corrected chi connectivity index (χ3v) is 3.78. The van der Waals surface area contributed by atoms with Crippen LogP contribution in [0.1, 0.15) is 20.3 Å². The first-order chi connectivity index (χ1) is 8.31. The molecule has 0 heterocycles. The minimum absolute atomic E-state index is 0.185. The van der Waals surface area contributed by atoms with Crippen molar-refractivity contribution in [3.8, 4) is 0 Å². The van der Waals surface area contributed by atoms with Gasteiger partial charge in [0.25, 0.3) is 5.69 Å². The van der Waals surface area contributed by atoms with E-state index in [0.29, 0.717) is 12.5 Å². The first-order valence-electron chi connectivity index (χ1n) is 5.68. The summed E-state index contributed by atoms with van der Waals surface area (Å²) in [5, 5.41) is 13.6. The lowest BCUT2D eigenvalue weighted by Crippen LogP contribution is -2.09. The van der Waals surface area contributed by atoms with E-state index in [1.54, 1.807) is 0 Å². The number of nitrogens with zero attached hydrogens (tertiary/aromatic N) is 1. The van der Waals surface area contributed by atoms with Gasteiger partial charge in [-0.1, -0.05) is 25.4 Å². The summed E-state index contributed by atoms with van der Waals surface area (Å²) < 4.78 is 13.3. The summed E-state index contributed by atoms with van der Waals surface area (Å²) in [6.07, 6.45) is 1.07. The average molecular weight is 273 g/mol. The van der Waals surface area contributed by atoms with E-state index in [4.69, 9.17) is 11.6 Å². The van der Waals surface area contributed by atoms with E-state index < -0.39 is 10.7 Å². The molecule has 1 aliphatic rings. The summed E-state index contributed by atoms with van der Waals surface area (Å²) in [7, 11) is 0. The molecule has 0 aliphatic heterocycles. The van der Waals surface area contributed by atoms with Crippen LogP contribution in [-0.2, 0) is 0 Å². The van der Waals surface area contributed by atoms with E-state index >= 15 is 0 Å². The number of nitro groups is 1. The van der Waals surface area contributed by atoms with Crippen molar-refractivity contribution < 1.29 is 9.31 Å². The third-order valence-electron chi connectivity index (χ3n) is 3.49.